The number of halogens is 2. The number of aromatic nitrogens is 4. The smallest absolute Gasteiger partial charge is 0.276 e. The van der Waals surface area contributed by atoms with Crippen molar-refractivity contribution in [2.45, 2.75) is 38.8 Å². The highest BCUT2D eigenvalue weighted by atomic mass is 19.1. The van der Waals surface area contributed by atoms with Crippen LogP contribution in [0.25, 0.3) is 16.6 Å². The lowest BCUT2D eigenvalue weighted by Gasteiger charge is -2.33. The number of rotatable bonds is 5. The molecular formula is C26H27F2N7O2. The molecule has 0 saturated carbocycles. The molecule has 0 radical (unpaired) electrons. The van der Waals surface area contributed by atoms with Gasteiger partial charge in [-0.05, 0) is 57.0 Å². The molecule has 1 fully saturated rings. The van der Waals surface area contributed by atoms with Crippen molar-refractivity contribution >= 4 is 28.2 Å². The molecule has 9 nitrogen and oxygen atoms in total. The second-order valence-electron chi connectivity index (χ2n) is 9.39. The van der Waals surface area contributed by atoms with Gasteiger partial charge in [0.05, 0.1) is 23.1 Å². The quantitative estimate of drug-likeness (QED) is 0.427. The number of carbonyl (C=O) groups is 1. The molecule has 0 bridgehead atoms. The first-order valence-electron chi connectivity index (χ1n) is 12.1. The van der Waals surface area contributed by atoms with E-state index in [9.17, 15) is 18.4 Å². The van der Waals surface area contributed by atoms with Crippen molar-refractivity contribution in [2.75, 3.05) is 23.3 Å². The number of benzene rings is 2. The molecule has 37 heavy (non-hydrogen) atoms. The fraction of sp³-hybridized carbons (Fsp3) is 0.308. The summed E-state index contributed by atoms with van der Waals surface area (Å²) in [5.41, 5.74) is 6.81. The predicted molar refractivity (Wildman–Crippen MR) is 137 cm³/mol. The van der Waals surface area contributed by atoms with Crippen LogP contribution in [-0.2, 0) is 0 Å². The maximum Gasteiger partial charge on any atom is 0.276 e. The van der Waals surface area contributed by atoms with E-state index >= 15 is 0 Å². The number of hydrogen-bond acceptors (Lipinski definition) is 6. The molecule has 1 aliphatic rings. The van der Waals surface area contributed by atoms with Gasteiger partial charge in [0.25, 0.3) is 11.5 Å². The Balaban J connectivity index is 1.55. The number of carbonyl (C=O) groups excluding carboxylic acids is 1. The third-order valence-corrected chi connectivity index (χ3v) is 6.53. The van der Waals surface area contributed by atoms with Crippen LogP contribution in [0.5, 0.6) is 0 Å². The fourth-order valence-corrected chi connectivity index (χ4v) is 4.65. The number of amides is 1. The van der Waals surface area contributed by atoms with Crippen LogP contribution in [-0.4, -0.2) is 44.6 Å². The van der Waals surface area contributed by atoms with E-state index in [0.717, 1.165) is 47.6 Å². The van der Waals surface area contributed by atoms with Gasteiger partial charge >= 0.3 is 0 Å². The van der Waals surface area contributed by atoms with Gasteiger partial charge in [-0.25, -0.2) is 8.78 Å². The predicted octanol–water partition coefficient (Wildman–Crippen LogP) is 3.62. The van der Waals surface area contributed by atoms with E-state index in [1.54, 1.807) is 12.3 Å². The van der Waals surface area contributed by atoms with Crippen LogP contribution in [0.3, 0.4) is 0 Å². The maximum absolute atomic E-state index is 14.3. The van der Waals surface area contributed by atoms with Gasteiger partial charge < -0.3 is 16.0 Å². The largest absolute Gasteiger partial charge is 0.369 e. The van der Waals surface area contributed by atoms with Crippen LogP contribution in [0.2, 0.25) is 0 Å². The lowest BCUT2D eigenvalue weighted by molar-refractivity contribution is 0.102. The molecule has 11 heteroatoms. The Labute approximate surface area is 211 Å². The number of nitrogens with two attached hydrogens (primary N) is 1. The van der Waals surface area contributed by atoms with Crippen molar-refractivity contribution in [3.63, 3.8) is 0 Å². The zero-order chi connectivity index (χ0) is 26.3. The number of para-hydroxylation sites is 1. The molecule has 0 unspecified atom stereocenters. The summed E-state index contributed by atoms with van der Waals surface area (Å²) in [7, 11) is 0. The number of nitrogens with one attached hydrogen (secondary N) is 1. The maximum atomic E-state index is 14.3. The summed E-state index contributed by atoms with van der Waals surface area (Å²) in [6.07, 6.45) is 3.40. The Bertz CT molecular complexity index is 1520. The number of hydrogen-bond donors (Lipinski definition) is 2. The van der Waals surface area contributed by atoms with Crippen LogP contribution in [0, 0.1) is 11.6 Å². The van der Waals surface area contributed by atoms with E-state index in [1.807, 2.05) is 24.6 Å². The zero-order valence-electron chi connectivity index (χ0n) is 20.5. The molecule has 2 aromatic carbocycles. The van der Waals surface area contributed by atoms with Crippen molar-refractivity contribution in [1.29, 1.82) is 0 Å². The first-order valence-corrected chi connectivity index (χ1v) is 12.1. The van der Waals surface area contributed by atoms with Crippen LogP contribution in [0.4, 0.5) is 20.2 Å². The highest BCUT2D eigenvalue weighted by molar-refractivity contribution is 6.08. The summed E-state index contributed by atoms with van der Waals surface area (Å²) in [5, 5.41) is 12.3. The van der Waals surface area contributed by atoms with Crippen molar-refractivity contribution in [3.8, 4) is 5.69 Å². The topological polar surface area (TPSA) is 111 Å². The minimum absolute atomic E-state index is 0.121. The molecule has 1 aliphatic heterocycles. The summed E-state index contributed by atoms with van der Waals surface area (Å²) >= 11 is 0. The van der Waals surface area contributed by atoms with E-state index in [2.05, 4.69) is 20.4 Å². The van der Waals surface area contributed by atoms with E-state index in [4.69, 9.17) is 5.73 Å². The highest BCUT2D eigenvalue weighted by Crippen LogP contribution is 2.37. The second-order valence-corrected chi connectivity index (χ2v) is 9.39. The Hall–Kier alpha value is -4.12. The summed E-state index contributed by atoms with van der Waals surface area (Å²) in [4.78, 5) is 27.8. The third-order valence-electron chi connectivity index (χ3n) is 6.53. The average molecular weight is 508 g/mol. The van der Waals surface area contributed by atoms with Crippen LogP contribution < -0.4 is 21.5 Å². The molecule has 4 aromatic rings. The molecule has 3 heterocycles. The lowest BCUT2D eigenvalue weighted by Crippen LogP contribution is -2.40. The average Bonchev–Trinajstić information content (AvgIpc) is 3.30. The normalized spacial score (nSPS) is 14.5. The van der Waals surface area contributed by atoms with Crippen molar-refractivity contribution in [1.82, 2.24) is 19.6 Å². The van der Waals surface area contributed by atoms with Crippen LogP contribution in [0.15, 0.2) is 53.5 Å². The summed E-state index contributed by atoms with van der Waals surface area (Å²) in [6, 6.07) is 9.45. The lowest BCUT2D eigenvalue weighted by atomic mass is 10.0. The Morgan fingerprint density at radius 2 is 1.76 bits per heavy atom. The van der Waals surface area contributed by atoms with Crippen LogP contribution >= 0.6 is 0 Å². The highest BCUT2D eigenvalue weighted by Gasteiger charge is 2.24. The van der Waals surface area contributed by atoms with Gasteiger partial charge in [-0.1, -0.05) is 6.07 Å². The summed E-state index contributed by atoms with van der Waals surface area (Å²) in [5.74, 6) is -2.56. The van der Waals surface area contributed by atoms with Gasteiger partial charge in [-0.15, -0.1) is 0 Å². The number of piperidine rings is 1. The molecule has 0 aliphatic carbocycles. The minimum Gasteiger partial charge on any atom is -0.369 e. The number of fused-ring (bicyclic) bond motifs is 1. The summed E-state index contributed by atoms with van der Waals surface area (Å²) in [6.45, 7) is 5.51. The molecule has 0 spiro atoms. The first-order chi connectivity index (χ1) is 17.7. The first kappa shape index (κ1) is 24.6. The van der Waals surface area contributed by atoms with Crippen LogP contribution in [0.1, 0.15) is 43.2 Å². The van der Waals surface area contributed by atoms with E-state index in [0.29, 0.717) is 23.5 Å². The molecule has 2 aromatic heterocycles. The van der Waals surface area contributed by atoms with E-state index in [-0.39, 0.29) is 17.8 Å². The van der Waals surface area contributed by atoms with Gasteiger partial charge in [0.1, 0.15) is 11.4 Å². The molecule has 0 atom stereocenters. The van der Waals surface area contributed by atoms with Gasteiger partial charge in [0.2, 0.25) is 0 Å². The van der Waals surface area contributed by atoms with Gasteiger partial charge in [-0.3, -0.25) is 14.3 Å². The SMILES string of the molecule is CC(C)n1ncc2c(N3CCC(N)CC3)c(NC(=O)c3ccc(=O)n(-c4c(F)cccc4F)n3)ccc21. The standard InChI is InChI=1S/C26H27F2N7O2/c1-15(2)34-22-8-6-20(24(17(22)14-30-34)33-12-10-16(29)11-13-33)31-26(37)21-7-9-23(36)35(32-21)25-18(27)4-3-5-19(25)28/h3-9,14-16H,10-13,29H2,1-2H3,(H,31,37). The van der Waals surface area contributed by atoms with Crippen molar-refractivity contribution in [2.24, 2.45) is 5.73 Å². The number of nitrogens with zero attached hydrogens (tertiary/aromatic N) is 5. The molecular weight excluding hydrogens is 480 g/mol. The third kappa shape index (κ3) is 4.57. The van der Waals surface area contributed by atoms with Crippen molar-refractivity contribution in [3.05, 3.63) is 76.3 Å². The molecule has 3 N–H and O–H groups in total. The number of anilines is 2. The van der Waals surface area contributed by atoms with Gasteiger partial charge in [-0.2, -0.15) is 14.9 Å². The fourth-order valence-electron chi connectivity index (χ4n) is 4.65. The Morgan fingerprint density at radius 1 is 1.05 bits per heavy atom. The van der Waals surface area contributed by atoms with Crippen molar-refractivity contribution < 1.29 is 13.6 Å². The monoisotopic (exact) mass is 507 g/mol. The molecule has 5 rings (SSSR count). The van der Waals surface area contributed by atoms with Gasteiger partial charge in [0.15, 0.2) is 11.6 Å². The second kappa shape index (κ2) is 9.74. The summed E-state index contributed by atoms with van der Waals surface area (Å²) < 4.78 is 31.1. The van der Waals surface area contributed by atoms with E-state index < -0.39 is 28.8 Å². The molecule has 192 valence electrons. The Kier molecular flexibility index (Phi) is 6.46. The minimum atomic E-state index is -0.967. The molecule has 1 amide bonds. The molecule has 1 saturated heterocycles. The Morgan fingerprint density at radius 3 is 2.43 bits per heavy atom. The zero-order valence-corrected chi connectivity index (χ0v) is 20.5. The van der Waals surface area contributed by atoms with Gasteiger partial charge in [0, 0.05) is 36.6 Å². The van der Waals surface area contributed by atoms with E-state index in [1.165, 1.54) is 12.1 Å².